The summed E-state index contributed by atoms with van der Waals surface area (Å²) < 4.78 is 0. The number of hydrogen-bond donors (Lipinski definition) is 0. The second-order valence-corrected chi connectivity index (χ2v) is 2.47. The summed E-state index contributed by atoms with van der Waals surface area (Å²) in [5.74, 6) is 0.0243. The first-order valence-corrected chi connectivity index (χ1v) is 3.22. The van der Waals surface area contributed by atoms with Crippen molar-refractivity contribution >= 4 is 6.34 Å². The number of hydrogen-bond acceptors (Lipinski definition) is 2. The van der Waals surface area contributed by atoms with Crippen LogP contribution in [-0.4, -0.2) is 31.9 Å². The van der Waals surface area contributed by atoms with E-state index in [1.54, 1.807) is 6.34 Å². The molecule has 1 atom stereocenters. The molecule has 0 radical (unpaired) electrons. The summed E-state index contributed by atoms with van der Waals surface area (Å²) in [6, 6.07) is 2.11. The molecule has 3 nitrogen and oxygen atoms in total. The van der Waals surface area contributed by atoms with Crippen molar-refractivity contribution in [2.75, 3.05) is 20.6 Å². The van der Waals surface area contributed by atoms with Crippen molar-refractivity contribution in [3.05, 3.63) is 0 Å². The maximum Gasteiger partial charge on any atom is 0.0845 e. The highest BCUT2D eigenvalue weighted by molar-refractivity contribution is 5.53. The van der Waals surface area contributed by atoms with Crippen molar-refractivity contribution in [2.45, 2.75) is 6.92 Å². The Morgan fingerprint density at radius 2 is 2.30 bits per heavy atom. The molecule has 0 rings (SSSR count). The van der Waals surface area contributed by atoms with Crippen molar-refractivity contribution in [1.82, 2.24) is 4.90 Å². The molecule has 56 valence electrons. The quantitative estimate of drug-likeness (QED) is 0.427. The van der Waals surface area contributed by atoms with Gasteiger partial charge in [0.05, 0.1) is 24.9 Å². The van der Waals surface area contributed by atoms with Crippen LogP contribution in [-0.2, 0) is 0 Å². The van der Waals surface area contributed by atoms with Gasteiger partial charge in [0.15, 0.2) is 0 Å². The van der Waals surface area contributed by atoms with Crippen LogP contribution in [0.3, 0.4) is 0 Å². The van der Waals surface area contributed by atoms with Gasteiger partial charge in [0.2, 0.25) is 0 Å². The van der Waals surface area contributed by atoms with Crippen molar-refractivity contribution in [3.63, 3.8) is 0 Å². The molecule has 0 aromatic carbocycles. The van der Waals surface area contributed by atoms with Gasteiger partial charge in [-0.25, -0.2) is 0 Å². The summed E-state index contributed by atoms with van der Waals surface area (Å²) >= 11 is 0. The van der Waals surface area contributed by atoms with Gasteiger partial charge in [-0.15, -0.1) is 0 Å². The Balaban J connectivity index is 3.46. The van der Waals surface area contributed by atoms with Gasteiger partial charge in [-0.2, -0.15) is 5.26 Å². The third-order valence-corrected chi connectivity index (χ3v) is 0.912. The zero-order valence-corrected chi connectivity index (χ0v) is 6.70. The normalized spacial score (nSPS) is 13.0. The Bertz CT molecular complexity index is 143. The zero-order chi connectivity index (χ0) is 7.98. The molecule has 0 amide bonds. The first-order valence-electron chi connectivity index (χ1n) is 3.22. The smallest absolute Gasteiger partial charge is 0.0845 e. The van der Waals surface area contributed by atoms with Gasteiger partial charge in [-0.05, 0) is 6.92 Å². The van der Waals surface area contributed by atoms with E-state index in [-0.39, 0.29) is 5.92 Å². The lowest BCUT2D eigenvalue weighted by molar-refractivity contribution is 0.632. The van der Waals surface area contributed by atoms with Gasteiger partial charge >= 0.3 is 0 Å². The minimum absolute atomic E-state index is 0.0243. The van der Waals surface area contributed by atoms with Crippen LogP contribution in [0.5, 0.6) is 0 Å². The maximum atomic E-state index is 8.36. The fourth-order valence-electron chi connectivity index (χ4n) is 0.409. The standard InChI is InChI=1S/C7H13N3/c1-7(4-8)5-9-6-10(2)3/h6-7H,5H2,1-3H3. The molecule has 0 aromatic heterocycles. The molecule has 0 fully saturated rings. The summed E-state index contributed by atoms with van der Waals surface area (Å²) in [4.78, 5) is 5.87. The summed E-state index contributed by atoms with van der Waals surface area (Å²) in [6.07, 6.45) is 1.72. The Hall–Kier alpha value is -1.04. The summed E-state index contributed by atoms with van der Waals surface area (Å²) in [6.45, 7) is 2.45. The molecule has 0 saturated carbocycles. The van der Waals surface area contributed by atoms with Crippen LogP contribution in [0.25, 0.3) is 0 Å². The molecule has 1 unspecified atom stereocenters. The molecule has 10 heavy (non-hydrogen) atoms. The molecule has 0 spiro atoms. The lowest BCUT2D eigenvalue weighted by Crippen LogP contribution is -2.09. The summed E-state index contributed by atoms with van der Waals surface area (Å²) in [7, 11) is 3.81. The van der Waals surface area contributed by atoms with E-state index < -0.39 is 0 Å². The highest BCUT2D eigenvalue weighted by atomic mass is 15.1. The van der Waals surface area contributed by atoms with Gasteiger partial charge in [-0.1, -0.05) is 0 Å². The molecule has 0 bridgehead atoms. The minimum atomic E-state index is 0.0243. The van der Waals surface area contributed by atoms with Crippen LogP contribution in [0.2, 0.25) is 0 Å². The van der Waals surface area contributed by atoms with Crippen molar-refractivity contribution < 1.29 is 0 Å². The van der Waals surface area contributed by atoms with Gasteiger partial charge in [0.1, 0.15) is 0 Å². The first-order chi connectivity index (χ1) is 4.66. The van der Waals surface area contributed by atoms with E-state index in [1.165, 1.54) is 0 Å². The zero-order valence-electron chi connectivity index (χ0n) is 6.70. The van der Waals surface area contributed by atoms with E-state index in [0.29, 0.717) is 6.54 Å². The van der Waals surface area contributed by atoms with Gasteiger partial charge in [-0.3, -0.25) is 4.99 Å². The van der Waals surface area contributed by atoms with Gasteiger partial charge in [0, 0.05) is 14.1 Å². The molecule has 0 aliphatic rings. The van der Waals surface area contributed by atoms with E-state index in [1.807, 2.05) is 25.9 Å². The molecule has 0 heterocycles. The molecule has 0 N–H and O–H groups in total. The van der Waals surface area contributed by atoms with E-state index in [4.69, 9.17) is 5.26 Å². The van der Waals surface area contributed by atoms with E-state index in [9.17, 15) is 0 Å². The SMILES string of the molecule is CC(C#N)CN=CN(C)C. The second-order valence-electron chi connectivity index (χ2n) is 2.47. The number of rotatable bonds is 3. The van der Waals surface area contributed by atoms with E-state index >= 15 is 0 Å². The van der Waals surface area contributed by atoms with Crippen LogP contribution >= 0.6 is 0 Å². The monoisotopic (exact) mass is 139 g/mol. The molecule has 0 aliphatic carbocycles. The van der Waals surface area contributed by atoms with Crippen molar-refractivity contribution in [3.8, 4) is 6.07 Å². The minimum Gasteiger partial charge on any atom is -0.369 e. The third-order valence-electron chi connectivity index (χ3n) is 0.912. The van der Waals surface area contributed by atoms with Crippen LogP contribution < -0.4 is 0 Å². The van der Waals surface area contributed by atoms with Crippen LogP contribution in [0.15, 0.2) is 4.99 Å². The van der Waals surface area contributed by atoms with Crippen molar-refractivity contribution in [2.24, 2.45) is 10.9 Å². The topological polar surface area (TPSA) is 39.4 Å². The van der Waals surface area contributed by atoms with Crippen LogP contribution in [0, 0.1) is 17.2 Å². The molecule has 3 heteroatoms. The van der Waals surface area contributed by atoms with Gasteiger partial charge < -0.3 is 4.90 Å². The highest BCUT2D eigenvalue weighted by Crippen LogP contribution is 1.90. The number of aliphatic imine (C=N–C) groups is 1. The Morgan fingerprint density at radius 1 is 1.70 bits per heavy atom. The second kappa shape index (κ2) is 4.80. The average molecular weight is 139 g/mol. The Labute approximate surface area is 62.0 Å². The molecular formula is C7H13N3. The lowest BCUT2D eigenvalue weighted by atomic mass is 10.2. The maximum absolute atomic E-state index is 8.36. The molecule has 0 saturated heterocycles. The average Bonchev–Trinajstić information content (AvgIpc) is 1.87. The fourth-order valence-corrected chi connectivity index (χ4v) is 0.409. The summed E-state index contributed by atoms with van der Waals surface area (Å²) in [5.41, 5.74) is 0. The number of nitriles is 1. The summed E-state index contributed by atoms with van der Waals surface area (Å²) in [5, 5.41) is 8.36. The van der Waals surface area contributed by atoms with Gasteiger partial charge in [0.25, 0.3) is 0 Å². The largest absolute Gasteiger partial charge is 0.369 e. The lowest BCUT2D eigenvalue weighted by Gasteiger charge is -2.02. The van der Waals surface area contributed by atoms with Crippen LogP contribution in [0.4, 0.5) is 0 Å². The van der Waals surface area contributed by atoms with E-state index in [2.05, 4.69) is 11.1 Å². The highest BCUT2D eigenvalue weighted by Gasteiger charge is 1.93. The molecule has 0 aromatic rings. The molecular weight excluding hydrogens is 126 g/mol. The predicted octanol–water partition coefficient (Wildman–Crippen LogP) is 0.736. The van der Waals surface area contributed by atoms with Crippen LogP contribution in [0.1, 0.15) is 6.92 Å². The Kier molecular flexibility index (Phi) is 4.30. The predicted molar refractivity (Wildman–Crippen MR) is 41.8 cm³/mol. The fraction of sp³-hybridized carbons (Fsp3) is 0.714. The van der Waals surface area contributed by atoms with E-state index in [0.717, 1.165) is 0 Å². The van der Waals surface area contributed by atoms with Crippen molar-refractivity contribution in [1.29, 1.82) is 5.26 Å². The Morgan fingerprint density at radius 3 is 2.70 bits per heavy atom. The molecule has 0 aliphatic heterocycles. The third kappa shape index (κ3) is 5.10. The number of nitrogens with zero attached hydrogens (tertiary/aromatic N) is 3. The first kappa shape index (κ1) is 8.96.